The van der Waals surface area contributed by atoms with Crippen LogP contribution in [0.5, 0.6) is 0 Å². The van der Waals surface area contributed by atoms with Crippen molar-refractivity contribution in [2.45, 2.75) is 11.3 Å². The first-order valence-corrected chi connectivity index (χ1v) is 6.60. The average Bonchev–Trinajstić information content (AvgIpc) is 2.28. The Hall–Kier alpha value is -1.89. The van der Waals surface area contributed by atoms with E-state index in [2.05, 4.69) is 4.74 Å². The third-order valence-electron chi connectivity index (χ3n) is 2.17. The first-order chi connectivity index (χ1) is 8.35. The quantitative estimate of drug-likeness (QED) is 0.772. The minimum absolute atomic E-state index is 0.0398. The molecule has 0 aliphatic rings. The Morgan fingerprint density at radius 3 is 2.22 bits per heavy atom. The summed E-state index contributed by atoms with van der Waals surface area (Å²) in [5.41, 5.74) is 0.486. The van der Waals surface area contributed by atoms with Crippen LogP contribution in [-0.2, 0) is 30.6 Å². The summed E-state index contributed by atoms with van der Waals surface area (Å²) in [6.45, 7) is 0. The molecule has 0 aliphatic carbocycles. The first-order valence-electron chi connectivity index (χ1n) is 4.95. The third-order valence-corrected chi connectivity index (χ3v) is 3.78. The average molecular weight is 272 g/mol. The van der Waals surface area contributed by atoms with E-state index in [1.165, 1.54) is 24.3 Å². The van der Waals surface area contributed by atoms with Crippen molar-refractivity contribution in [3.63, 3.8) is 0 Å². The molecule has 1 rings (SSSR count). The number of hydrogen-bond donors (Lipinski definition) is 1. The molecule has 98 valence electrons. The summed E-state index contributed by atoms with van der Waals surface area (Å²) >= 11 is 0. The van der Waals surface area contributed by atoms with Crippen molar-refractivity contribution in [2.24, 2.45) is 0 Å². The predicted octanol–water partition coefficient (Wildman–Crippen LogP) is 0.260. The number of carboxylic acids is 1. The molecule has 0 amide bonds. The SMILES string of the molecule is COC(=O)CS(=O)(=O)c1ccc(CC(=O)O)cc1. The normalized spacial score (nSPS) is 10.9. The number of carboxylic acid groups (broad SMARTS) is 1. The van der Waals surface area contributed by atoms with Gasteiger partial charge in [-0.2, -0.15) is 0 Å². The molecule has 0 heterocycles. The Morgan fingerprint density at radius 1 is 1.22 bits per heavy atom. The van der Waals surface area contributed by atoms with Crippen molar-refractivity contribution in [1.82, 2.24) is 0 Å². The number of rotatable bonds is 5. The van der Waals surface area contributed by atoms with E-state index in [9.17, 15) is 18.0 Å². The lowest BCUT2D eigenvalue weighted by Crippen LogP contribution is -2.17. The van der Waals surface area contributed by atoms with Gasteiger partial charge in [0.05, 0.1) is 18.4 Å². The van der Waals surface area contributed by atoms with Crippen molar-refractivity contribution in [2.75, 3.05) is 12.9 Å². The number of esters is 1. The third kappa shape index (κ3) is 3.85. The van der Waals surface area contributed by atoms with Gasteiger partial charge in [0.25, 0.3) is 0 Å². The van der Waals surface area contributed by atoms with Crippen LogP contribution in [0.1, 0.15) is 5.56 Å². The number of benzene rings is 1. The van der Waals surface area contributed by atoms with Gasteiger partial charge in [0.2, 0.25) is 0 Å². The number of methoxy groups -OCH3 is 1. The molecule has 0 fully saturated rings. The molecule has 0 aliphatic heterocycles. The fourth-order valence-corrected chi connectivity index (χ4v) is 2.43. The molecular formula is C11H12O6S. The fraction of sp³-hybridized carbons (Fsp3) is 0.273. The zero-order valence-corrected chi connectivity index (χ0v) is 10.4. The highest BCUT2D eigenvalue weighted by Crippen LogP contribution is 2.13. The Bertz CT molecular complexity index is 543. The lowest BCUT2D eigenvalue weighted by molar-refractivity contribution is -0.138. The number of sulfone groups is 1. The molecule has 6 nitrogen and oxygen atoms in total. The zero-order valence-electron chi connectivity index (χ0n) is 9.62. The number of hydrogen-bond acceptors (Lipinski definition) is 5. The first kappa shape index (κ1) is 14.2. The molecule has 0 unspecified atom stereocenters. The molecular weight excluding hydrogens is 260 g/mol. The Balaban J connectivity index is 2.90. The maximum Gasteiger partial charge on any atom is 0.321 e. The van der Waals surface area contributed by atoms with E-state index < -0.39 is 27.5 Å². The Morgan fingerprint density at radius 2 is 1.78 bits per heavy atom. The summed E-state index contributed by atoms with van der Waals surface area (Å²) in [6.07, 6.45) is -0.183. The van der Waals surface area contributed by atoms with E-state index >= 15 is 0 Å². The Labute approximate surface area is 104 Å². The largest absolute Gasteiger partial charge is 0.481 e. The van der Waals surface area contributed by atoms with Gasteiger partial charge in [-0.1, -0.05) is 12.1 Å². The van der Waals surface area contributed by atoms with Crippen LogP contribution >= 0.6 is 0 Å². The van der Waals surface area contributed by atoms with Crippen molar-refractivity contribution in [3.05, 3.63) is 29.8 Å². The van der Waals surface area contributed by atoms with Gasteiger partial charge < -0.3 is 9.84 Å². The molecule has 18 heavy (non-hydrogen) atoms. The number of carbonyl (C=O) groups is 2. The summed E-state index contributed by atoms with van der Waals surface area (Å²) in [6, 6.07) is 5.35. The van der Waals surface area contributed by atoms with E-state index in [4.69, 9.17) is 5.11 Å². The van der Waals surface area contributed by atoms with Gasteiger partial charge in [0.1, 0.15) is 0 Å². The van der Waals surface area contributed by atoms with Gasteiger partial charge in [-0.15, -0.1) is 0 Å². The lowest BCUT2D eigenvalue weighted by Gasteiger charge is -2.04. The lowest BCUT2D eigenvalue weighted by atomic mass is 10.2. The maximum atomic E-state index is 11.7. The topological polar surface area (TPSA) is 97.7 Å². The molecule has 0 bridgehead atoms. The summed E-state index contributed by atoms with van der Waals surface area (Å²) in [5, 5.41) is 8.57. The highest BCUT2D eigenvalue weighted by Gasteiger charge is 2.19. The van der Waals surface area contributed by atoms with E-state index in [0.29, 0.717) is 5.56 Å². The Kier molecular flexibility index (Phi) is 4.43. The summed E-state index contributed by atoms with van der Waals surface area (Å²) < 4.78 is 27.7. The van der Waals surface area contributed by atoms with Crippen molar-refractivity contribution >= 4 is 21.8 Å². The van der Waals surface area contributed by atoms with Crippen LogP contribution in [0.15, 0.2) is 29.2 Å². The smallest absolute Gasteiger partial charge is 0.321 e. The number of ether oxygens (including phenoxy) is 1. The maximum absolute atomic E-state index is 11.7. The summed E-state index contributed by atoms with van der Waals surface area (Å²) in [5.74, 6) is -2.58. The molecule has 1 aromatic carbocycles. The van der Waals surface area contributed by atoms with Crippen LogP contribution < -0.4 is 0 Å². The van der Waals surface area contributed by atoms with Crippen LogP contribution in [0, 0.1) is 0 Å². The van der Waals surface area contributed by atoms with Gasteiger partial charge in [-0.05, 0) is 17.7 Å². The standard InChI is InChI=1S/C11H12O6S/c1-17-11(14)7-18(15,16)9-4-2-8(3-5-9)6-10(12)13/h2-5H,6-7H2,1H3,(H,12,13). The molecule has 1 aromatic rings. The molecule has 7 heteroatoms. The van der Waals surface area contributed by atoms with E-state index in [1.807, 2.05) is 0 Å². The minimum atomic E-state index is -3.74. The van der Waals surface area contributed by atoms with Gasteiger partial charge in [-0.25, -0.2) is 8.42 Å². The van der Waals surface area contributed by atoms with Crippen molar-refractivity contribution < 1.29 is 27.9 Å². The fourth-order valence-electron chi connectivity index (χ4n) is 1.29. The zero-order chi connectivity index (χ0) is 13.8. The second-order valence-electron chi connectivity index (χ2n) is 3.55. The number of aliphatic carboxylic acids is 1. The number of carbonyl (C=O) groups excluding carboxylic acids is 1. The van der Waals surface area contributed by atoms with Crippen LogP contribution in [0.4, 0.5) is 0 Å². The van der Waals surface area contributed by atoms with Gasteiger partial charge in [-0.3, -0.25) is 9.59 Å². The molecule has 1 N–H and O–H groups in total. The monoisotopic (exact) mass is 272 g/mol. The van der Waals surface area contributed by atoms with E-state index in [-0.39, 0.29) is 11.3 Å². The van der Waals surface area contributed by atoms with Gasteiger partial charge in [0.15, 0.2) is 15.6 Å². The molecule has 0 saturated carbocycles. The molecule has 0 saturated heterocycles. The van der Waals surface area contributed by atoms with Gasteiger partial charge >= 0.3 is 11.9 Å². The van der Waals surface area contributed by atoms with E-state index in [1.54, 1.807) is 0 Å². The van der Waals surface area contributed by atoms with Crippen molar-refractivity contribution in [1.29, 1.82) is 0 Å². The molecule has 0 radical (unpaired) electrons. The van der Waals surface area contributed by atoms with Crippen LogP contribution in [0.3, 0.4) is 0 Å². The highest BCUT2D eigenvalue weighted by molar-refractivity contribution is 7.92. The summed E-state index contributed by atoms with van der Waals surface area (Å²) in [7, 11) is -2.63. The molecule has 0 atom stereocenters. The van der Waals surface area contributed by atoms with E-state index in [0.717, 1.165) is 7.11 Å². The molecule has 0 spiro atoms. The van der Waals surface area contributed by atoms with Crippen LogP contribution in [-0.4, -0.2) is 38.3 Å². The van der Waals surface area contributed by atoms with Crippen LogP contribution in [0.2, 0.25) is 0 Å². The van der Waals surface area contributed by atoms with Gasteiger partial charge in [0, 0.05) is 0 Å². The minimum Gasteiger partial charge on any atom is -0.481 e. The highest BCUT2D eigenvalue weighted by atomic mass is 32.2. The second kappa shape index (κ2) is 5.63. The second-order valence-corrected chi connectivity index (χ2v) is 5.54. The van der Waals surface area contributed by atoms with Crippen molar-refractivity contribution in [3.8, 4) is 0 Å². The predicted molar refractivity (Wildman–Crippen MR) is 61.9 cm³/mol. The summed E-state index contributed by atoms with van der Waals surface area (Å²) in [4.78, 5) is 21.3. The molecule has 0 aromatic heterocycles. The van der Waals surface area contributed by atoms with Crippen LogP contribution in [0.25, 0.3) is 0 Å².